The first kappa shape index (κ1) is 23.1. The Bertz CT molecular complexity index is 477. The van der Waals surface area contributed by atoms with Gasteiger partial charge < -0.3 is 4.74 Å². The first-order valence-electron chi connectivity index (χ1n) is 13.1. The van der Waals surface area contributed by atoms with Gasteiger partial charge in [-0.1, -0.05) is 46.5 Å². The zero-order valence-corrected chi connectivity index (χ0v) is 19.8. The molecule has 0 heterocycles. The summed E-state index contributed by atoms with van der Waals surface area (Å²) in [5.41, 5.74) is 0. The van der Waals surface area contributed by atoms with Gasteiger partial charge in [-0.15, -0.1) is 0 Å². The molecule has 2 unspecified atom stereocenters. The number of hydrogen-bond donors (Lipinski definition) is 0. The van der Waals surface area contributed by atoms with Crippen molar-refractivity contribution < 1.29 is 9.53 Å². The second kappa shape index (κ2) is 11.2. The van der Waals surface area contributed by atoms with Crippen LogP contribution in [0.2, 0.25) is 0 Å². The van der Waals surface area contributed by atoms with Crippen LogP contribution in [0.4, 0.5) is 0 Å². The van der Waals surface area contributed by atoms with Crippen LogP contribution in [-0.4, -0.2) is 12.1 Å². The molecule has 2 nitrogen and oxygen atoms in total. The molecule has 0 aromatic rings. The maximum atomic E-state index is 12.7. The van der Waals surface area contributed by atoms with Crippen LogP contribution in [0.15, 0.2) is 0 Å². The predicted octanol–water partition coefficient (Wildman–Crippen LogP) is 7.79. The Morgan fingerprint density at radius 3 is 1.76 bits per heavy atom. The van der Waals surface area contributed by atoms with Crippen molar-refractivity contribution in [3.8, 4) is 0 Å². The first-order chi connectivity index (χ1) is 13.9. The molecule has 0 radical (unpaired) electrons. The van der Waals surface area contributed by atoms with E-state index in [0.717, 1.165) is 54.8 Å². The molecule has 0 aromatic carbocycles. The SMILES string of the molecule is CC1CCC(C(C)CCC(C)OC(=O)C2CCC(C3CCC(C)CC3)CC2)CC1. The minimum Gasteiger partial charge on any atom is -0.462 e. The summed E-state index contributed by atoms with van der Waals surface area (Å²) in [6, 6.07) is 0. The Labute approximate surface area is 180 Å². The van der Waals surface area contributed by atoms with Gasteiger partial charge in [-0.05, 0) is 107 Å². The summed E-state index contributed by atoms with van der Waals surface area (Å²) in [4.78, 5) is 12.7. The lowest BCUT2D eigenvalue weighted by atomic mass is 9.69. The third-order valence-electron chi connectivity index (χ3n) is 9.04. The van der Waals surface area contributed by atoms with Gasteiger partial charge in [0, 0.05) is 0 Å². The quantitative estimate of drug-likeness (QED) is 0.405. The number of carbonyl (C=O) groups is 1. The van der Waals surface area contributed by atoms with Gasteiger partial charge in [0.05, 0.1) is 12.0 Å². The van der Waals surface area contributed by atoms with E-state index in [9.17, 15) is 4.79 Å². The lowest BCUT2D eigenvalue weighted by Crippen LogP contribution is -2.30. The summed E-state index contributed by atoms with van der Waals surface area (Å²) >= 11 is 0. The van der Waals surface area contributed by atoms with Crippen LogP contribution < -0.4 is 0 Å². The number of hydrogen-bond acceptors (Lipinski definition) is 2. The highest BCUT2D eigenvalue weighted by Crippen LogP contribution is 2.41. The highest BCUT2D eigenvalue weighted by molar-refractivity contribution is 5.72. The fourth-order valence-electron chi connectivity index (χ4n) is 6.53. The first-order valence-corrected chi connectivity index (χ1v) is 13.1. The van der Waals surface area contributed by atoms with Crippen molar-refractivity contribution in [3.05, 3.63) is 0 Å². The average Bonchev–Trinajstić information content (AvgIpc) is 2.73. The van der Waals surface area contributed by atoms with Gasteiger partial charge in [0.15, 0.2) is 0 Å². The van der Waals surface area contributed by atoms with E-state index in [2.05, 4.69) is 27.7 Å². The number of rotatable bonds is 7. The van der Waals surface area contributed by atoms with E-state index < -0.39 is 0 Å². The second-order valence-corrected chi connectivity index (χ2v) is 11.5. The molecule has 29 heavy (non-hydrogen) atoms. The normalized spacial score (nSPS) is 38.2. The molecule has 0 saturated heterocycles. The molecule has 0 spiro atoms. The molecular weight excluding hydrogens is 356 g/mol. The minimum absolute atomic E-state index is 0.0880. The molecular formula is C27H48O2. The number of ether oxygens (including phenoxy) is 1. The zero-order chi connectivity index (χ0) is 20.8. The molecule has 3 rings (SSSR count). The van der Waals surface area contributed by atoms with Crippen molar-refractivity contribution in [1.29, 1.82) is 0 Å². The summed E-state index contributed by atoms with van der Waals surface area (Å²) in [5, 5.41) is 0. The van der Waals surface area contributed by atoms with E-state index in [1.165, 1.54) is 70.6 Å². The second-order valence-electron chi connectivity index (χ2n) is 11.5. The molecule has 3 saturated carbocycles. The van der Waals surface area contributed by atoms with Crippen LogP contribution >= 0.6 is 0 Å². The predicted molar refractivity (Wildman–Crippen MR) is 122 cm³/mol. The molecule has 0 aromatic heterocycles. The standard InChI is InChI=1S/C27H48O2/c1-19-5-11-23(12-6-19)21(3)9-10-22(4)29-27(28)26-17-15-25(16-18-26)24-13-7-20(2)8-14-24/h19-26H,5-18H2,1-4H3. The van der Waals surface area contributed by atoms with E-state index in [-0.39, 0.29) is 18.0 Å². The topological polar surface area (TPSA) is 26.3 Å². The molecule has 2 heteroatoms. The molecule has 0 aliphatic heterocycles. The van der Waals surface area contributed by atoms with E-state index in [4.69, 9.17) is 4.74 Å². The lowest BCUT2D eigenvalue weighted by molar-refractivity contribution is -0.155. The highest BCUT2D eigenvalue weighted by Gasteiger charge is 2.33. The maximum Gasteiger partial charge on any atom is 0.309 e. The third-order valence-corrected chi connectivity index (χ3v) is 9.04. The monoisotopic (exact) mass is 404 g/mol. The van der Waals surface area contributed by atoms with Crippen molar-refractivity contribution in [2.45, 2.75) is 124 Å². The summed E-state index contributed by atoms with van der Waals surface area (Å²) in [5.74, 6) is 5.62. The van der Waals surface area contributed by atoms with Crippen LogP contribution in [0.3, 0.4) is 0 Å². The van der Waals surface area contributed by atoms with Crippen molar-refractivity contribution in [2.75, 3.05) is 0 Å². The van der Waals surface area contributed by atoms with Gasteiger partial charge in [-0.3, -0.25) is 4.79 Å². The fourth-order valence-corrected chi connectivity index (χ4v) is 6.53. The van der Waals surface area contributed by atoms with Crippen molar-refractivity contribution in [1.82, 2.24) is 0 Å². The smallest absolute Gasteiger partial charge is 0.309 e. The largest absolute Gasteiger partial charge is 0.462 e. The Morgan fingerprint density at radius 2 is 1.21 bits per heavy atom. The molecule has 168 valence electrons. The molecule has 3 aliphatic rings. The Hall–Kier alpha value is -0.530. The van der Waals surface area contributed by atoms with Crippen LogP contribution in [0.25, 0.3) is 0 Å². The molecule has 0 bridgehead atoms. The summed E-state index contributed by atoms with van der Waals surface area (Å²) in [6.45, 7) is 9.33. The lowest BCUT2D eigenvalue weighted by Gasteiger charge is -2.37. The summed E-state index contributed by atoms with van der Waals surface area (Å²) < 4.78 is 5.90. The van der Waals surface area contributed by atoms with Crippen molar-refractivity contribution in [2.24, 2.45) is 41.4 Å². The summed E-state index contributed by atoms with van der Waals surface area (Å²) in [6.07, 6.45) is 18.3. The minimum atomic E-state index is 0.0880. The molecule has 3 fully saturated rings. The Balaban J connectivity index is 1.32. The van der Waals surface area contributed by atoms with Gasteiger partial charge in [0.2, 0.25) is 0 Å². The van der Waals surface area contributed by atoms with E-state index in [1.54, 1.807) is 0 Å². The molecule has 2 atom stereocenters. The van der Waals surface area contributed by atoms with Gasteiger partial charge in [0.1, 0.15) is 0 Å². The van der Waals surface area contributed by atoms with Crippen LogP contribution in [0.5, 0.6) is 0 Å². The van der Waals surface area contributed by atoms with Gasteiger partial charge in [-0.2, -0.15) is 0 Å². The fraction of sp³-hybridized carbons (Fsp3) is 0.963. The van der Waals surface area contributed by atoms with Gasteiger partial charge in [-0.25, -0.2) is 0 Å². The highest BCUT2D eigenvalue weighted by atomic mass is 16.5. The maximum absolute atomic E-state index is 12.7. The molecule has 0 amide bonds. The van der Waals surface area contributed by atoms with Crippen LogP contribution in [0, 0.1) is 41.4 Å². The van der Waals surface area contributed by atoms with Crippen molar-refractivity contribution in [3.63, 3.8) is 0 Å². The third kappa shape index (κ3) is 7.00. The average molecular weight is 405 g/mol. The number of esters is 1. The summed E-state index contributed by atoms with van der Waals surface area (Å²) in [7, 11) is 0. The van der Waals surface area contributed by atoms with E-state index in [1.807, 2.05) is 0 Å². The Kier molecular flexibility index (Phi) is 8.93. The molecule has 0 N–H and O–H groups in total. The number of carbonyl (C=O) groups excluding carboxylic acids is 1. The van der Waals surface area contributed by atoms with Gasteiger partial charge in [0.25, 0.3) is 0 Å². The zero-order valence-electron chi connectivity index (χ0n) is 19.8. The van der Waals surface area contributed by atoms with Crippen LogP contribution in [-0.2, 0) is 9.53 Å². The van der Waals surface area contributed by atoms with Gasteiger partial charge >= 0.3 is 5.97 Å². The van der Waals surface area contributed by atoms with Crippen molar-refractivity contribution >= 4 is 5.97 Å². The molecule has 3 aliphatic carbocycles. The Morgan fingerprint density at radius 1 is 0.724 bits per heavy atom. The van der Waals surface area contributed by atoms with Crippen LogP contribution in [0.1, 0.15) is 118 Å². The van der Waals surface area contributed by atoms with E-state index in [0.29, 0.717) is 0 Å². The van der Waals surface area contributed by atoms with E-state index >= 15 is 0 Å².